The molecule has 0 aliphatic heterocycles. The normalized spacial score (nSPS) is 11.7. The monoisotopic (exact) mass is 416 g/mol. The summed E-state index contributed by atoms with van der Waals surface area (Å²) in [6, 6.07) is 9.25. The molecule has 0 heterocycles. The van der Waals surface area contributed by atoms with Gasteiger partial charge in [-0.2, -0.15) is 0 Å². The maximum absolute atomic E-state index is 2.49. The van der Waals surface area contributed by atoms with Gasteiger partial charge in [-0.05, 0) is 51.2 Å². The third-order valence-corrected chi connectivity index (χ3v) is 6.18. The predicted octanol–water partition coefficient (Wildman–Crippen LogP) is 8.05. The van der Waals surface area contributed by atoms with Gasteiger partial charge in [0.25, 0.3) is 0 Å². The lowest BCUT2D eigenvalue weighted by Gasteiger charge is -2.19. The number of rotatable bonds is 20. The molecule has 1 rings (SSSR count). The van der Waals surface area contributed by atoms with Crippen molar-refractivity contribution >= 4 is 0 Å². The molecule has 1 aromatic carbocycles. The molecule has 0 N–H and O–H groups in total. The quantitative estimate of drug-likeness (QED) is 0.198. The summed E-state index contributed by atoms with van der Waals surface area (Å²) in [6.07, 6.45) is 19.5. The Morgan fingerprint density at radius 2 is 0.900 bits per heavy atom. The third kappa shape index (κ3) is 15.0. The van der Waals surface area contributed by atoms with E-state index in [4.69, 9.17) is 0 Å². The lowest BCUT2D eigenvalue weighted by atomic mass is 10.1. The van der Waals surface area contributed by atoms with Gasteiger partial charge in [-0.25, -0.2) is 0 Å². The van der Waals surface area contributed by atoms with E-state index in [1.165, 1.54) is 114 Å². The summed E-state index contributed by atoms with van der Waals surface area (Å²) in [5.74, 6) is 0. The molecule has 0 amide bonds. The molecule has 2 heteroatoms. The highest BCUT2D eigenvalue weighted by molar-refractivity contribution is 5.23. The minimum atomic E-state index is 1.07. The second-order valence-electron chi connectivity index (χ2n) is 9.54. The van der Waals surface area contributed by atoms with Gasteiger partial charge < -0.3 is 9.80 Å². The summed E-state index contributed by atoms with van der Waals surface area (Å²) in [4.78, 5) is 4.99. The first-order valence-corrected chi connectivity index (χ1v) is 13.1. The van der Waals surface area contributed by atoms with Gasteiger partial charge in [0, 0.05) is 13.1 Å². The van der Waals surface area contributed by atoms with Crippen molar-refractivity contribution in [3.8, 4) is 0 Å². The fourth-order valence-corrected chi connectivity index (χ4v) is 4.29. The van der Waals surface area contributed by atoms with Crippen LogP contribution in [0.4, 0.5) is 0 Å². The number of nitrogens with zero attached hydrogens (tertiary/aromatic N) is 2. The van der Waals surface area contributed by atoms with E-state index in [-0.39, 0.29) is 0 Å². The Morgan fingerprint density at radius 1 is 0.533 bits per heavy atom. The fourth-order valence-electron chi connectivity index (χ4n) is 4.29. The van der Waals surface area contributed by atoms with Gasteiger partial charge in [-0.3, -0.25) is 0 Å². The van der Waals surface area contributed by atoms with Crippen LogP contribution >= 0.6 is 0 Å². The van der Waals surface area contributed by atoms with Crippen LogP contribution in [-0.2, 0) is 13.1 Å². The molecule has 0 aliphatic rings. The van der Waals surface area contributed by atoms with E-state index >= 15 is 0 Å². The third-order valence-electron chi connectivity index (χ3n) is 6.18. The summed E-state index contributed by atoms with van der Waals surface area (Å²) < 4.78 is 0. The van der Waals surface area contributed by atoms with Crippen molar-refractivity contribution < 1.29 is 0 Å². The molecule has 0 saturated heterocycles. The van der Waals surface area contributed by atoms with Crippen molar-refractivity contribution in [1.82, 2.24) is 9.80 Å². The first-order valence-electron chi connectivity index (χ1n) is 13.1. The molecule has 0 fully saturated rings. The Hall–Kier alpha value is -0.860. The zero-order valence-electron chi connectivity index (χ0n) is 20.9. The zero-order valence-corrected chi connectivity index (χ0v) is 20.9. The lowest BCUT2D eigenvalue weighted by molar-refractivity contribution is 0.311. The summed E-state index contributed by atoms with van der Waals surface area (Å²) in [6.45, 7) is 9.17. The van der Waals surface area contributed by atoms with E-state index < -0.39 is 0 Å². The molecular weight excluding hydrogens is 364 g/mol. The summed E-state index contributed by atoms with van der Waals surface area (Å²) in [7, 11) is 4.55. The van der Waals surface area contributed by atoms with E-state index in [0.717, 1.165) is 13.1 Å². The van der Waals surface area contributed by atoms with Crippen molar-refractivity contribution in [2.75, 3.05) is 27.2 Å². The van der Waals surface area contributed by atoms with Gasteiger partial charge in [-0.15, -0.1) is 0 Å². The van der Waals surface area contributed by atoms with Crippen molar-refractivity contribution in [3.63, 3.8) is 0 Å². The van der Waals surface area contributed by atoms with Gasteiger partial charge in [-0.1, -0.05) is 115 Å². The van der Waals surface area contributed by atoms with Crippen LogP contribution in [-0.4, -0.2) is 37.0 Å². The molecule has 174 valence electrons. The first kappa shape index (κ1) is 27.2. The van der Waals surface area contributed by atoms with Gasteiger partial charge >= 0.3 is 0 Å². The Kier molecular flexibility index (Phi) is 17.1. The van der Waals surface area contributed by atoms with E-state index in [1.54, 1.807) is 0 Å². The molecule has 0 aliphatic carbocycles. The van der Waals surface area contributed by atoms with Gasteiger partial charge in [0.05, 0.1) is 0 Å². The topological polar surface area (TPSA) is 6.48 Å². The summed E-state index contributed by atoms with van der Waals surface area (Å²) in [5, 5.41) is 0. The van der Waals surface area contributed by atoms with Crippen molar-refractivity contribution in [3.05, 3.63) is 35.4 Å². The molecule has 0 bridgehead atoms. The standard InChI is InChI=1S/C28H52N2/c1-5-7-9-11-13-15-17-22-29(3)25-27-20-19-21-28(24-27)26-30(4)23-18-16-14-12-10-8-6-2/h19-21,24H,5-18,22-23,25-26H2,1-4H3. The number of benzene rings is 1. The molecule has 0 atom stereocenters. The molecule has 0 spiro atoms. The summed E-state index contributed by atoms with van der Waals surface area (Å²) >= 11 is 0. The minimum Gasteiger partial charge on any atom is -0.302 e. The van der Waals surface area contributed by atoms with Crippen LogP contribution in [0.5, 0.6) is 0 Å². The molecule has 30 heavy (non-hydrogen) atoms. The van der Waals surface area contributed by atoms with Crippen molar-refractivity contribution in [1.29, 1.82) is 0 Å². The predicted molar refractivity (Wildman–Crippen MR) is 135 cm³/mol. The van der Waals surface area contributed by atoms with Crippen LogP contribution in [0.3, 0.4) is 0 Å². The van der Waals surface area contributed by atoms with Crippen LogP contribution in [0.25, 0.3) is 0 Å². The Labute approximate surface area is 189 Å². The number of hydrogen-bond acceptors (Lipinski definition) is 2. The molecule has 1 aromatic rings. The highest BCUT2D eigenvalue weighted by Gasteiger charge is 2.04. The average molecular weight is 417 g/mol. The highest BCUT2D eigenvalue weighted by Crippen LogP contribution is 2.13. The molecule has 0 radical (unpaired) electrons. The van der Waals surface area contributed by atoms with E-state index in [2.05, 4.69) is 62.0 Å². The maximum Gasteiger partial charge on any atom is 0.0230 e. The van der Waals surface area contributed by atoms with E-state index in [0.29, 0.717) is 0 Å². The molecule has 0 saturated carbocycles. The van der Waals surface area contributed by atoms with E-state index in [9.17, 15) is 0 Å². The molecule has 0 aromatic heterocycles. The summed E-state index contributed by atoms with van der Waals surface area (Å²) in [5.41, 5.74) is 2.92. The number of hydrogen-bond donors (Lipinski definition) is 0. The zero-order chi connectivity index (χ0) is 21.9. The largest absolute Gasteiger partial charge is 0.302 e. The van der Waals surface area contributed by atoms with Crippen molar-refractivity contribution in [2.24, 2.45) is 0 Å². The minimum absolute atomic E-state index is 1.07. The molecule has 2 nitrogen and oxygen atoms in total. The van der Waals surface area contributed by atoms with Gasteiger partial charge in [0.2, 0.25) is 0 Å². The smallest absolute Gasteiger partial charge is 0.0230 e. The molecule has 0 unspecified atom stereocenters. The Morgan fingerprint density at radius 3 is 1.30 bits per heavy atom. The van der Waals surface area contributed by atoms with E-state index in [1.807, 2.05) is 0 Å². The second kappa shape index (κ2) is 18.9. The Balaban J connectivity index is 2.18. The van der Waals surface area contributed by atoms with Crippen LogP contribution in [0.1, 0.15) is 115 Å². The SMILES string of the molecule is CCCCCCCCCN(C)Cc1cccc(CN(C)CCCCCCCCC)c1. The lowest BCUT2D eigenvalue weighted by Crippen LogP contribution is -2.20. The first-order chi connectivity index (χ1) is 14.7. The highest BCUT2D eigenvalue weighted by atomic mass is 15.1. The number of unbranched alkanes of at least 4 members (excludes halogenated alkanes) is 12. The Bertz CT molecular complexity index is 458. The van der Waals surface area contributed by atoms with Crippen LogP contribution in [0, 0.1) is 0 Å². The van der Waals surface area contributed by atoms with Crippen LogP contribution < -0.4 is 0 Å². The molecular formula is C28H52N2. The second-order valence-corrected chi connectivity index (χ2v) is 9.54. The van der Waals surface area contributed by atoms with Gasteiger partial charge in [0.1, 0.15) is 0 Å². The fraction of sp³-hybridized carbons (Fsp3) is 0.786. The maximum atomic E-state index is 2.49. The van der Waals surface area contributed by atoms with Crippen molar-refractivity contribution in [2.45, 2.75) is 117 Å². The van der Waals surface area contributed by atoms with Crippen LogP contribution in [0.2, 0.25) is 0 Å². The van der Waals surface area contributed by atoms with Gasteiger partial charge in [0.15, 0.2) is 0 Å². The van der Waals surface area contributed by atoms with Crippen LogP contribution in [0.15, 0.2) is 24.3 Å². The average Bonchev–Trinajstić information content (AvgIpc) is 2.72.